The predicted octanol–water partition coefficient (Wildman–Crippen LogP) is 2.21. The molecule has 4 heteroatoms. The number of nitrogens with zero attached hydrogens (tertiary/aromatic N) is 1. The SMILES string of the molecule is CCN(CCNc1ccccc1F)CCOC. The van der Waals surface area contributed by atoms with Crippen molar-refractivity contribution in [3.8, 4) is 0 Å². The number of nitrogens with one attached hydrogen (secondary N) is 1. The van der Waals surface area contributed by atoms with Crippen molar-refractivity contribution in [2.75, 3.05) is 45.2 Å². The molecule has 0 aromatic heterocycles. The van der Waals surface area contributed by atoms with Gasteiger partial charge < -0.3 is 10.1 Å². The number of methoxy groups -OCH3 is 1. The van der Waals surface area contributed by atoms with E-state index in [1.54, 1.807) is 19.2 Å². The van der Waals surface area contributed by atoms with E-state index in [2.05, 4.69) is 17.1 Å². The summed E-state index contributed by atoms with van der Waals surface area (Å²) < 4.78 is 18.3. The molecule has 17 heavy (non-hydrogen) atoms. The van der Waals surface area contributed by atoms with Gasteiger partial charge in [-0.15, -0.1) is 0 Å². The highest BCUT2D eigenvalue weighted by molar-refractivity contribution is 5.44. The molecule has 0 radical (unpaired) electrons. The first-order valence-corrected chi connectivity index (χ1v) is 5.97. The Morgan fingerprint density at radius 2 is 2.06 bits per heavy atom. The largest absolute Gasteiger partial charge is 0.383 e. The minimum Gasteiger partial charge on any atom is -0.383 e. The zero-order valence-electron chi connectivity index (χ0n) is 10.6. The molecular formula is C13H21FN2O. The molecule has 0 heterocycles. The summed E-state index contributed by atoms with van der Waals surface area (Å²) in [7, 11) is 1.70. The Labute approximate surface area is 103 Å². The van der Waals surface area contributed by atoms with Crippen LogP contribution in [0.1, 0.15) is 6.92 Å². The second-order valence-corrected chi connectivity index (χ2v) is 3.83. The van der Waals surface area contributed by atoms with Crippen LogP contribution in [0.5, 0.6) is 0 Å². The van der Waals surface area contributed by atoms with Crippen molar-refractivity contribution in [1.29, 1.82) is 0 Å². The van der Waals surface area contributed by atoms with E-state index in [1.165, 1.54) is 6.07 Å². The number of hydrogen-bond donors (Lipinski definition) is 1. The van der Waals surface area contributed by atoms with Crippen LogP contribution in [0.3, 0.4) is 0 Å². The summed E-state index contributed by atoms with van der Waals surface area (Å²) in [5, 5.41) is 3.10. The monoisotopic (exact) mass is 240 g/mol. The highest BCUT2D eigenvalue weighted by atomic mass is 19.1. The highest BCUT2D eigenvalue weighted by Gasteiger charge is 2.03. The smallest absolute Gasteiger partial charge is 0.146 e. The molecule has 1 rings (SSSR count). The van der Waals surface area contributed by atoms with Crippen molar-refractivity contribution >= 4 is 5.69 Å². The van der Waals surface area contributed by atoms with E-state index in [-0.39, 0.29) is 5.82 Å². The van der Waals surface area contributed by atoms with Gasteiger partial charge in [-0.25, -0.2) is 4.39 Å². The van der Waals surface area contributed by atoms with E-state index in [0.29, 0.717) is 5.69 Å². The molecule has 0 saturated carbocycles. The number of ether oxygens (including phenoxy) is 1. The van der Waals surface area contributed by atoms with Gasteiger partial charge in [0.15, 0.2) is 0 Å². The molecular weight excluding hydrogens is 219 g/mol. The summed E-state index contributed by atoms with van der Waals surface area (Å²) in [6, 6.07) is 6.73. The minimum absolute atomic E-state index is 0.201. The standard InChI is InChI=1S/C13H21FN2O/c1-3-16(10-11-17-2)9-8-15-13-7-5-4-6-12(13)14/h4-7,15H,3,8-11H2,1-2H3. The number of likely N-dealkylation sites (N-methyl/N-ethyl adjacent to an activating group) is 1. The lowest BCUT2D eigenvalue weighted by atomic mass is 10.3. The third-order valence-electron chi connectivity index (χ3n) is 2.68. The van der Waals surface area contributed by atoms with Crippen LogP contribution in [-0.2, 0) is 4.74 Å². The lowest BCUT2D eigenvalue weighted by Crippen LogP contribution is -2.31. The summed E-state index contributed by atoms with van der Waals surface area (Å²) in [6.07, 6.45) is 0. The zero-order chi connectivity index (χ0) is 12.5. The van der Waals surface area contributed by atoms with Crippen LogP contribution in [0.2, 0.25) is 0 Å². The number of benzene rings is 1. The van der Waals surface area contributed by atoms with Crippen LogP contribution >= 0.6 is 0 Å². The lowest BCUT2D eigenvalue weighted by Gasteiger charge is -2.20. The van der Waals surface area contributed by atoms with E-state index in [0.717, 1.165) is 32.8 Å². The Bertz CT molecular complexity index is 320. The van der Waals surface area contributed by atoms with Crippen molar-refractivity contribution in [2.45, 2.75) is 6.92 Å². The quantitative estimate of drug-likeness (QED) is 0.754. The first-order chi connectivity index (χ1) is 8.27. The van der Waals surface area contributed by atoms with Crippen LogP contribution in [-0.4, -0.2) is 44.8 Å². The summed E-state index contributed by atoms with van der Waals surface area (Å²) in [5.74, 6) is -0.201. The van der Waals surface area contributed by atoms with Crippen LogP contribution in [0, 0.1) is 5.82 Å². The Morgan fingerprint density at radius 3 is 2.71 bits per heavy atom. The maximum atomic E-state index is 13.3. The molecule has 0 saturated heterocycles. The maximum absolute atomic E-state index is 13.3. The van der Waals surface area contributed by atoms with Crippen molar-refractivity contribution < 1.29 is 9.13 Å². The van der Waals surface area contributed by atoms with Crippen molar-refractivity contribution in [1.82, 2.24) is 4.90 Å². The molecule has 0 bridgehead atoms. The van der Waals surface area contributed by atoms with Crippen molar-refractivity contribution in [3.63, 3.8) is 0 Å². The molecule has 1 aromatic rings. The highest BCUT2D eigenvalue weighted by Crippen LogP contribution is 2.11. The van der Waals surface area contributed by atoms with Crippen LogP contribution in [0.4, 0.5) is 10.1 Å². The second-order valence-electron chi connectivity index (χ2n) is 3.83. The van der Waals surface area contributed by atoms with Crippen molar-refractivity contribution in [3.05, 3.63) is 30.1 Å². The van der Waals surface area contributed by atoms with Gasteiger partial charge >= 0.3 is 0 Å². The van der Waals surface area contributed by atoms with E-state index < -0.39 is 0 Å². The Balaban J connectivity index is 2.28. The normalized spacial score (nSPS) is 10.8. The van der Waals surface area contributed by atoms with Gasteiger partial charge in [-0.1, -0.05) is 19.1 Å². The molecule has 0 fully saturated rings. The Hall–Kier alpha value is -1.13. The minimum atomic E-state index is -0.201. The van der Waals surface area contributed by atoms with Crippen LogP contribution in [0.15, 0.2) is 24.3 Å². The predicted molar refractivity (Wildman–Crippen MR) is 68.9 cm³/mol. The van der Waals surface area contributed by atoms with Gasteiger partial charge in [0.05, 0.1) is 12.3 Å². The summed E-state index contributed by atoms with van der Waals surface area (Å²) in [5.41, 5.74) is 0.565. The van der Waals surface area contributed by atoms with E-state index in [9.17, 15) is 4.39 Å². The second kappa shape index (κ2) is 8.03. The third-order valence-corrected chi connectivity index (χ3v) is 2.68. The molecule has 0 amide bonds. The number of halogens is 1. The van der Waals surface area contributed by atoms with E-state index >= 15 is 0 Å². The first-order valence-electron chi connectivity index (χ1n) is 5.97. The molecule has 0 aliphatic heterocycles. The molecule has 0 unspecified atom stereocenters. The first kappa shape index (κ1) is 13.9. The summed E-state index contributed by atoms with van der Waals surface area (Å²) in [4.78, 5) is 2.26. The maximum Gasteiger partial charge on any atom is 0.146 e. The molecule has 1 aromatic carbocycles. The topological polar surface area (TPSA) is 24.5 Å². The molecule has 96 valence electrons. The van der Waals surface area contributed by atoms with Gasteiger partial charge in [0.2, 0.25) is 0 Å². The van der Waals surface area contributed by atoms with Gasteiger partial charge in [0.1, 0.15) is 5.82 Å². The number of para-hydroxylation sites is 1. The van der Waals surface area contributed by atoms with Crippen molar-refractivity contribution in [2.24, 2.45) is 0 Å². The fourth-order valence-electron chi connectivity index (χ4n) is 1.60. The van der Waals surface area contributed by atoms with Crippen LogP contribution in [0.25, 0.3) is 0 Å². The van der Waals surface area contributed by atoms with Gasteiger partial charge in [-0.05, 0) is 18.7 Å². The van der Waals surface area contributed by atoms with E-state index in [1.807, 2.05) is 6.07 Å². The molecule has 0 aliphatic rings. The Morgan fingerprint density at radius 1 is 1.29 bits per heavy atom. The number of anilines is 1. The zero-order valence-corrected chi connectivity index (χ0v) is 10.6. The van der Waals surface area contributed by atoms with Gasteiger partial charge in [0, 0.05) is 26.7 Å². The van der Waals surface area contributed by atoms with Crippen LogP contribution < -0.4 is 5.32 Å². The Kier molecular flexibility index (Phi) is 6.58. The molecule has 0 spiro atoms. The average Bonchev–Trinajstić information content (AvgIpc) is 2.35. The van der Waals surface area contributed by atoms with Gasteiger partial charge in [0.25, 0.3) is 0 Å². The number of rotatable bonds is 8. The molecule has 0 aliphatic carbocycles. The number of hydrogen-bond acceptors (Lipinski definition) is 3. The summed E-state index contributed by atoms with van der Waals surface area (Å²) in [6.45, 7) is 6.34. The summed E-state index contributed by atoms with van der Waals surface area (Å²) >= 11 is 0. The molecule has 1 N–H and O–H groups in total. The fraction of sp³-hybridized carbons (Fsp3) is 0.538. The van der Waals surface area contributed by atoms with Gasteiger partial charge in [-0.2, -0.15) is 0 Å². The molecule has 3 nitrogen and oxygen atoms in total. The van der Waals surface area contributed by atoms with Gasteiger partial charge in [-0.3, -0.25) is 4.90 Å². The molecule has 0 atom stereocenters. The van der Waals surface area contributed by atoms with E-state index in [4.69, 9.17) is 4.74 Å². The fourth-order valence-corrected chi connectivity index (χ4v) is 1.60. The lowest BCUT2D eigenvalue weighted by molar-refractivity contribution is 0.153. The average molecular weight is 240 g/mol. The third kappa shape index (κ3) is 5.15.